The molecule has 0 unspecified atom stereocenters. The summed E-state index contributed by atoms with van der Waals surface area (Å²) in [6.45, 7) is 4.71. The molecule has 0 atom stereocenters. The van der Waals surface area contributed by atoms with Gasteiger partial charge in [0.05, 0.1) is 0 Å². The van der Waals surface area contributed by atoms with Crippen molar-refractivity contribution >= 4 is 11.6 Å². The van der Waals surface area contributed by atoms with Crippen LogP contribution in [-0.2, 0) is 5.41 Å². The lowest BCUT2D eigenvalue weighted by atomic mass is 9.75. The van der Waals surface area contributed by atoms with Gasteiger partial charge in [-0.1, -0.05) is 123 Å². The van der Waals surface area contributed by atoms with Crippen molar-refractivity contribution in [2.45, 2.75) is 19.3 Å². The fourth-order valence-corrected chi connectivity index (χ4v) is 5.82. The van der Waals surface area contributed by atoms with E-state index in [4.69, 9.17) is 11.6 Å². The van der Waals surface area contributed by atoms with E-state index >= 15 is 0 Å². The molecule has 0 bridgehead atoms. The molecule has 34 heavy (non-hydrogen) atoms. The van der Waals surface area contributed by atoms with Crippen molar-refractivity contribution < 1.29 is 0 Å². The van der Waals surface area contributed by atoms with Gasteiger partial charge in [0.15, 0.2) is 0 Å². The van der Waals surface area contributed by atoms with Crippen LogP contribution in [0.1, 0.15) is 25.0 Å². The number of halogens is 1. The minimum Gasteiger partial charge on any atom is -0.0843 e. The summed E-state index contributed by atoms with van der Waals surface area (Å²) in [4.78, 5) is 0. The Kier molecular flexibility index (Phi) is 4.94. The Hall–Kier alpha value is -3.61. The van der Waals surface area contributed by atoms with E-state index in [1.54, 1.807) is 0 Å². The normalized spacial score (nSPS) is 13.4. The van der Waals surface area contributed by atoms with Crippen LogP contribution in [0.2, 0.25) is 5.02 Å². The first kappa shape index (κ1) is 21.0. The fraction of sp³-hybridized carbons (Fsp3) is 0.0909. The third kappa shape index (κ3) is 3.22. The van der Waals surface area contributed by atoms with Gasteiger partial charge in [-0.3, -0.25) is 0 Å². The van der Waals surface area contributed by atoms with Gasteiger partial charge >= 0.3 is 0 Å². The Morgan fingerprint density at radius 3 is 1.82 bits per heavy atom. The summed E-state index contributed by atoms with van der Waals surface area (Å²) < 4.78 is 0. The molecular formula is C33H25Cl. The molecule has 0 amide bonds. The van der Waals surface area contributed by atoms with Gasteiger partial charge in [0.25, 0.3) is 0 Å². The minimum atomic E-state index is -0.125. The van der Waals surface area contributed by atoms with Crippen molar-refractivity contribution in [1.29, 1.82) is 0 Å². The summed E-state index contributed by atoms with van der Waals surface area (Å²) >= 11 is 6.54. The molecular weight excluding hydrogens is 432 g/mol. The lowest BCUT2D eigenvalue weighted by Gasteiger charge is -2.28. The molecule has 0 spiro atoms. The molecule has 0 radical (unpaired) electrons. The summed E-state index contributed by atoms with van der Waals surface area (Å²) in [5, 5.41) is 0.749. The van der Waals surface area contributed by atoms with Gasteiger partial charge in [-0.15, -0.1) is 0 Å². The van der Waals surface area contributed by atoms with Crippen LogP contribution in [0.3, 0.4) is 0 Å². The van der Waals surface area contributed by atoms with Gasteiger partial charge < -0.3 is 0 Å². The Bertz CT molecular complexity index is 1510. The topological polar surface area (TPSA) is 0 Å². The highest BCUT2D eigenvalue weighted by Crippen LogP contribution is 2.56. The second-order valence-corrected chi connectivity index (χ2v) is 9.95. The Morgan fingerprint density at radius 1 is 0.500 bits per heavy atom. The SMILES string of the molecule is CC1(C)c2ccccc2-c2cc(-c3ccccc3)c(-c3cccc(Cl)c3)c(-c3ccccc3)c21. The molecule has 1 aliphatic rings. The van der Waals surface area contributed by atoms with Crippen molar-refractivity contribution in [2.24, 2.45) is 0 Å². The van der Waals surface area contributed by atoms with Gasteiger partial charge in [0.2, 0.25) is 0 Å². The van der Waals surface area contributed by atoms with E-state index in [-0.39, 0.29) is 5.41 Å². The maximum atomic E-state index is 6.54. The molecule has 0 N–H and O–H groups in total. The minimum absolute atomic E-state index is 0.125. The molecule has 5 aromatic rings. The summed E-state index contributed by atoms with van der Waals surface area (Å²) in [5.74, 6) is 0. The average Bonchev–Trinajstić information content (AvgIpc) is 3.11. The van der Waals surface area contributed by atoms with Crippen LogP contribution >= 0.6 is 11.6 Å². The lowest BCUT2D eigenvalue weighted by Crippen LogP contribution is -2.17. The second kappa shape index (κ2) is 8.01. The molecule has 0 aromatic heterocycles. The van der Waals surface area contributed by atoms with Crippen LogP contribution in [0.5, 0.6) is 0 Å². The molecule has 0 nitrogen and oxygen atoms in total. The van der Waals surface area contributed by atoms with E-state index in [9.17, 15) is 0 Å². The van der Waals surface area contributed by atoms with Gasteiger partial charge in [-0.2, -0.15) is 0 Å². The number of rotatable bonds is 3. The smallest absolute Gasteiger partial charge is 0.0412 e. The maximum Gasteiger partial charge on any atom is 0.0412 e. The predicted octanol–water partition coefficient (Wildman–Crippen LogP) is 9.65. The zero-order chi connectivity index (χ0) is 23.3. The van der Waals surface area contributed by atoms with Crippen molar-refractivity contribution in [3.05, 3.63) is 131 Å². The van der Waals surface area contributed by atoms with Gasteiger partial charge in [-0.25, -0.2) is 0 Å². The molecule has 164 valence electrons. The van der Waals surface area contributed by atoms with Crippen LogP contribution in [0, 0.1) is 0 Å². The van der Waals surface area contributed by atoms with Crippen LogP contribution in [0.25, 0.3) is 44.5 Å². The first-order valence-corrected chi connectivity index (χ1v) is 12.1. The molecule has 0 saturated carbocycles. The molecule has 0 aliphatic heterocycles. The standard InChI is InChI=1S/C33H25Cl/c1-33(2)29-19-10-9-18-26(29)28-21-27(22-12-5-3-6-13-22)30(24-16-11-17-25(34)20-24)31(32(28)33)23-14-7-4-8-15-23/h3-21H,1-2H3. The lowest BCUT2D eigenvalue weighted by molar-refractivity contribution is 0.662. The summed E-state index contributed by atoms with van der Waals surface area (Å²) in [6.07, 6.45) is 0. The quantitative estimate of drug-likeness (QED) is 0.253. The Balaban J connectivity index is 1.83. The maximum absolute atomic E-state index is 6.54. The van der Waals surface area contributed by atoms with E-state index in [1.807, 2.05) is 12.1 Å². The molecule has 0 fully saturated rings. The van der Waals surface area contributed by atoms with Crippen molar-refractivity contribution in [3.63, 3.8) is 0 Å². The third-order valence-electron chi connectivity index (χ3n) is 7.10. The number of hydrogen-bond donors (Lipinski definition) is 0. The fourth-order valence-electron chi connectivity index (χ4n) is 5.62. The highest BCUT2D eigenvalue weighted by Gasteiger charge is 2.39. The van der Waals surface area contributed by atoms with Crippen LogP contribution in [0.4, 0.5) is 0 Å². The predicted molar refractivity (Wildman–Crippen MR) is 145 cm³/mol. The zero-order valence-electron chi connectivity index (χ0n) is 19.3. The van der Waals surface area contributed by atoms with Crippen molar-refractivity contribution in [3.8, 4) is 44.5 Å². The van der Waals surface area contributed by atoms with Crippen LogP contribution in [-0.4, -0.2) is 0 Å². The zero-order valence-corrected chi connectivity index (χ0v) is 20.1. The number of fused-ring (bicyclic) bond motifs is 3. The molecule has 0 heterocycles. The molecule has 0 saturated heterocycles. The van der Waals surface area contributed by atoms with Gasteiger partial charge in [0, 0.05) is 10.4 Å². The largest absolute Gasteiger partial charge is 0.0843 e. The van der Waals surface area contributed by atoms with Crippen molar-refractivity contribution in [1.82, 2.24) is 0 Å². The van der Waals surface area contributed by atoms with E-state index in [2.05, 4.69) is 117 Å². The monoisotopic (exact) mass is 456 g/mol. The highest BCUT2D eigenvalue weighted by atomic mass is 35.5. The van der Waals surface area contributed by atoms with E-state index in [0.717, 1.165) is 10.6 Å². The molecule has 1 aliphatic carbocycles. The summed E-state index contributed by atoms with van der Waals surface area (Å²) in [5.41, 5.74) is 12.6. The Morgan fingerprint density at radius 2 is 1.12 bits per heavy atom. The third-order valence-corrected chi connectivity index (χ3v) is 7.34. The van der Waals surface area contributed by atoms with Crippen LogP contribution in [0.15, 0.2) is 115 Å². The summed E-state index contributed by atoms with van der Waals surface area (Å²) in [6, 6.07) is 41.1. The average molecular weight is 457 g/mol. The highest BCUT2D eigenvalue weighted by molar-refractivity contribution is 6.31. The van der Waals surface area contributed by atoms with Crippen molar-refractivity contribution in [2.75, 3.05) is 0 Å². The van der Waals surface area contributed by atoms with Gasteiger partial charge in [-0.05, 0) is 73.8 Å². The molecule has 5 aromatic carbocycles. The van der Waals surface area contributed by atoms with Crippen LogP contribution < -0.4 is 0 Å². The Labute approximate surface area is 206 Å². The second-order valence-electron chi connectivity index (χ2n) is 9.51. The van der Waals surface area contributed by atoms with E-state index in [0.29, 0.717) is 0 Å². The van der Waals surface area contributed by atoms with E-state index < -0.39 is 0 Å². The first-order valence-electron chi connectivity index (χ1n) is 11.7. The van der Waals surface area contributed by atoms with Gasteiger partial charge in [0.1, 0.15) is 0 Å². The molecule has 1 heteroatoms. The first-order chi connectivity index (χ1) is 16.6. The molecule has 6 rings (SSSR count). The summed E-state index contributed by atoms with van der Waals surface area (Å²) in [7, 11) is 0. The number of benzene rings is 5. The van der Waals surface area contributed by atoms with E-state index in [1.165, 1.54) is 50.1 Å². The number of hydrogen-bond acceptors (Lipinski definition) is 0.